The number of thioether (sulfide) groups is 1. The zero-order chi connectivity index (χ0) is 10.1. The summed E-state index contributed by atoms with van der Waals surface area (Å²) < 4.78 is 0. The second-order valence-electron chi connectivity index (χ2n) is 2.61. The van der Waals surface area contributed by atoms with Crippen LogP contribution >= 0.6 is 11.8 Å². The number of carboxylic acid groups (broad SMARTS) is 1. The summed E-state index contributed by atoms with van der Waals surface area (Å²) in [5.74, 6) is -1.21. The van der Waals surface area contributed by atoms with E-state index in [2.05, 4.69) is 5.32 Å². The number of hydrogen-bond donors (Lipinski definition) is 2. The minimum atomic E-state index is -1.41. The number of carboxylic acids is 1. The summed E-state index contributed by atoms with van der Waals surface area (Å²) in [5.41, 5.74) is 0. The highest BCUT2D eigenvalue weighted by atomic mass is 32.2. The number of nitrogens with one attached hydrogen (secondary N) is 1. The van der Waals surface area contributed by atoms with E-state index in [0.717, 1.165) is 25.0 Å². The van der Waals surface area contributed by atoms with Crippen LogP contribution in [0.4, 0.5) is 0 Å². The van der Waals surface area contributed by atoms with Crippen molar-refractivity contribution in [2.75, 3.05) is 18.6 Å². The maximum atomic E-state index is 10.5. The highest BCUT2D eigenvalue weighted by molar-refractivity contribution is 7.98. The Labute approximate surface area is 82.1 Å². The molecule has 0 rings (SSSR count). The molecule has 2 N–H and O–H groups in total. The van der Waals surface area contributed by atoms with Crippen LogP contribution < -0.4 is 5.32 Å². The third-order valence-corrected chi connectivity index (χ3v) is 2.20. The van der Waals surface area contributed by atoms with E-state index in [4.69, 9.17) is 5.11 Å². The van der Waals surface area contributed by atoms with Crippen molar-refractivity contribution in [1.82, 2.24) is 5.32 Å². The van der Waals surface area contributed by atoms with Crippen molar-refractivity contribution >= 4 is 23.6 Å². The van der Waals surface area contributed by atoms with Gasteiger partial charge in [-0.05, 0) is 24.9 Å². The van der Waals surface area contributed by atoms with E-state index in [1.54, 1.807) is 11.8 Å². The van der Waals surface area contributed by atoms with Crippen molar-refractivity contribution in [3.05, 3.63) is 0 Å². The standard InChI is InChI=1S/C8H15NO3S/c1-13-6-4-2-3-5-9-7(10)8(11)12/h2-6H2,1H3,(H,9,10)(H,11,12). The Hall–Kier alpha value is -0.710. The monoisotopic (exact) mass is 205 g/mol. The van der Waals surface area contributed by atoms with Crippen molar-refractivity contribution in [2.45, 2.75) is 19.3 Å². The van der Waals surface area contributed by atoms with Gasteiger partial charge in [-0.25, -0.2) is 4.79 Å². The number of amides is 1. The summed E-state index contributed by atoms with van der Waals surface area (Å²) in [6.07, 6.45) is 5.04. The van der Waals surface area contributed by atoms with Gasteiger partial charge in [0, 0.05) is 6.54 Å². The van der Waals surface area contributed by atoms with Gasteiger partial charge in [-0.15, -0.1) is 0 Å². The average molecular weight is 205 g/mol. The molecule has 0 heterocycles. The van der Waals surface area contributed by atoms with Gasteiger partial charge in [-0.3, -0.25) is 4.79 Å². The summed E-state index contributed by atoms with van der Waals surface area (Å²) in [7, 11) is 0. The molecule has 0 aliphatic carbocycles. The first-order valence-corrected chi connectivity index (χ1v) is 5.58. The Balaban J connectivity index is 3.16. The van der Waals surface area contributed by atoms with Gasteiger partial charge in [-0.1, -0.05) is 6.42 Å². The highest BCUT2D eigenvalue weighted by Gasteiger charge is 2.08. The van der Waals surface area contributed by atoms with Gasteiger partial charge in [0.1, 0.15) is 0 Å². The lowest BCUT2D eigenvalue weighted by molar-refractivity contribution is -0.150. The third kappa shape index (κ3) is 7.64. The predicted molar refractivity (Wildman–Crippen MR) is 52.9 cm³/mol. The zero-order valence-electron chi connectivity index (χ0n) is 7.71. The molecule has 0 atom stereocenters. The van der Waals surface area contributed by atoms with Crippen molar-refractivity contribution in [1.29, 1.82) is 0 Å². The second kappa shape index (κ2) is 7.91. The first-order chi connectivity index (χ1) is 6.18. The van der Waals surface area contributed by atoms with Crippen molar-refractivity contribution in [3.8, 4) is 0 Å². The largest absolute Gasteiger partial charge is 0.474 e. The van der Waals surface area contributed by atoms with Gasteiger partial charge < -0.3 is 10.4 Å². The topological polar surface area (TPSA) is 66.4 Å². The molecule has 0 unspecified atom stereocenters. The van der Waals surface area contributed by atoms with Crippen molar-refractivity contribution in [3.63, 3.8) is 0 Å². The van der Waals surface area contributed by atoms with E-state index in [0.29, 0.717) is 6.54 Å². The number of hydrogen-bond acceptors (Lipinski definition) is 3. The molecule has 4 nitrogen and oxygen atoms in total. The molecule has 0 spiro atoms. The third-order valence-electron chi connectivity index (χ3n) is 1.51. The fourth-order valence-electron chi connectivity index (χ4n) is 0.826. The average Bonchev–Trinajstić information content (AvgIpc) is 2.10. The molecular formula is C8H15NO3S. The van der Waals surface area contributed by atoms with Crippen LogP contribution in [0.5, 0.6) is 0 Å². The zero-order valence-corrected chi connectivity index (χ0v) is 8.52. The fraction of sp³-hybridized carbons (Fsp3) is 0.750. The van der Waals surface area contributed by atoms with Crippen LogP contribution in [0.2, 0.25) is 0 Å². The lowest BCUT2D eigenvalue weighted by Crippen LogP contribution is -2.31. The molecule has 5 heteroatoms. The Morgan fingerprint density at radius 2 is 2.00 bits per heavy atom. The van der Waals surface area contributed by atoms with E-state index >= 15 is 0 Å². The van der Waals surface area contributed by atoms with Gasteiger partial charge in [0.15, 0.2) is 0 Å². The van der Waals surface area contributed by atoms with Crippen LogP contribution in [0, 0.1) is 0 Å². The Bertz CT molecular complexity index is 173. The smallest absolute Gasteiger partial charge is 0.394 e. The molecule has 0 aliphatic heterocycles. The van der Waals surface area contributed by atoms with Crippen LogP contribution in [0.1, 0.15) is 19.3 Å². The lowest BCUT2D eigenvalue weighted by Gasteiger charge is -2.01. The van der Waals surface area contributed by atoms with E-state index in [1.807, 2.05) is 6.26 Å². The van der Waals surface area contributed by atoms with Crippen LogP contribution in [0.3, 0.4) is 0 Å². The summed E-state index contributed by atoms with van der Waals surface area (Å²) in [5, 5.41) is 10.5. The molecule has 0 bridgehead atoms. The number of aliphatic carboxylic acids is 1. The summed E-state index contributed by atoms with van der Waals surface area (Å²) in [6.45, 7) is 0.458. The fourth-order valence-corrected chi connectivity index (χ4v) is 1.32. The van der Waals surface area contributed by atoms with E-state index in [1.165, 1.54) is 0 Å². The minimum Gasteiger partial charge on any atom is -0.474 e. The Morgan fingerprint density at radius 3 is 2.54 bits per heavy atom. The van der Waals surface area contributed by atoms with Gasteiger partial charge >= 0.3 is 11.9 Å². The molecule has 0 aliphatic rings. The molecule has 76 valence electrons. The molecule has 13 heavy (non-hydrogen) atoms. The number of carbonyl (C=O) groups is 2. The Morgan fingerprint density at radius 1 is 1.31 bits per heavy atom. The maximum Gasteiger partial charge on any atom is 0.394 e. The summed E-state index contributed by atoms with van der Waals surface area (Å²) >= 11 is 1.79. The van der Waals surface area contributed by atoms with Gasteiger partial charge in [-0.2, -0.15) is 11.8 Å². The van der Waals surface area contributed by atoms with Crippen LogP contribution in [-0.4, -0.2) is 35.5 Å². The van der Waals surface area contributed by atoms with E-state index in [-0.39, 0.29) is 0 Å². The normalized spacial score (nSPS) is 9.62. The quantitative estimate of drug-likeness (QED) is 0.495. The summed E-state index contributed by atoms with van der Waals surface area (Å²) in [6, 6.07) is 0. The molecule has 0 aromatic carbocycles. The van der Waals surface area contributed by atoms with Gasteiger partial charge in [0.2, 0.25) is 0 Å². The summed E-state index contributed by atoms with van der Waals surface area (Å²) in [4.78, 5) is 20.6. The van der Waals surface area contributed by atoms with Crippen molar-refractivity contribution in [2.24, 2.45) is 0 Å². The Kier molecular flexibility index (Phi) is 7.48. The van der Waals surface area contributed by atoms with E-state index in [9.17, 15) is 9.59 Å². The van der Waals surface area contributed by atoms with Gasteiger partial charge in [0.05, 0.1) is 0 Å². The molecular weight excluding hydrogens is 190 g/mol. The molecule has 0 aromatic rings. The number of carbonyl (C=O) groups excluding carboxylic acids is 1. The second-order valence-corrected chi connectivity index (χ2v) is 3.60. The van der Waals surface area contributed by atoms with Gasteiger partial charge in [0.25, 0.3) is 0 Å². The van der Waals surface area contributed by atoms with E-state index < -0.39 is 11.9 Å². The molecule has 0 saturated heterocycles. The SMILES string of the molecule is CSCCCCCNC(=O)C(=O)O. The molecule has 0 radical (unpaired) electrons. The minimum absolute atomic E-state index is 0.458. The highest BCUT2D eigenvalue weighted by Crippen LogP contribution is 2.00. The van der Waals surface area contributed by atoms with Crippen LogP contribution in [0.15, 0.2) is 0 Å². The first-order valence-electron chi connectivity index (χ1n) is 4.18. The molecule has 0 fully saturated rings. The van der Waals surface area contributed by atoms with Crippen molar-refractivity contribution < 1.29 is 14.7 Å². The number of unbranched alkanes of at least 4 members (excludes halogenated alkanes) is 2. The van der Waals surface area contributed by atoms with Crippen LogP contribution in [0.25, 0.3) is 0 Å². The predicted octanol–water partition coefficient (Wildman–Crippen LogP) is 0.720. The maximum absolute atomic E-state index is 10.5. The van der Waals surface area contributed by atoms with Crippen LogP contribution in [-0.2, 0) is 9.59 Å². The molecule has 0 saturated carbocycles. The first kappa shape index (κ1) is 12.3. The number of rotatable bonds is 6. The molecule has 0 aromatic heterocycles. The lowest BCUT2D eigenvalue weighted by atomic mass is 10.2. The molecule has 1 amide bonds.